The molecule has 0 saturated carbocycles. The lowest BCUT2D eigenvalue weighted by Gasteiger charge is -2.06. The molecule has 0 unspecified atom stereocenters. The smallest absolute Gasteiger partial charge is 0.423 e. The number of hydrogen-bond acceptors (Lipinski definition) is 3. The minimum Gasteiger partial charge on any atom is -0.423 e. The zero-order valence-electron chi connectivity index (χ0n) is 11.3. The summed E-state index contributed by atoms with van der Waals surface area (Å²) in [6, 6.07) is 3.60. The van der Waals surface area contributed by atoms with Crippen molar-refractivity contribution in [2.45, 2.75) is 13.2 Å². The molecule has 0 aromatic heterocycles. The first-order valence-electron chi connectivity index (χ1n) is 5.83. The Morgan fingerprint density at radius 2 is 2.42 bits per heavy atom. The third kappa shape index (κ3) is 1.78. The summed E-state index contributed by atoms with van der Waals surface area (Å²) < 4.78 is 36.5. The number of nitrogens with two attached hydrogens (primary N) is 1. The van der Waals surface area contributed by atoms with E-state index in [0.717, 1.165) is 12.1 Å². The summed E-state index contributed by atoms with van der Waals surface area (Å²) >= 11 is 0. The van der Waals surface area contributed by atoms with E-state index in [1.54, 1.807) is 0 Å². The van der Waals surface area contributed by atoms with E-state index >= 15 is 0 Å². The van der Waals surface area contributed by atoms with Crippen LogP contribution in [0.15, 0.2) is 18.2 Å². The molecule has 0 fully saturated rings. The zero-order valence-corrected chi connectivity index (χ0v) is 6.28. The molecule has 3 nitrogen and oxygen atoms in total. The fourth-order valence-electron chi connectivity index (χ4n) is 0.909. The first-order chi connectivity index (χ1) is 7.57. The van der Waals surface area contributed by atoms with Crippen molar-refractivity contribution in [3.63, 3.8) is 0 Å². The number of anilines is 1. The van der Waals surface area contributed by atoms with Crippen LogP contribution in [-0.4, -0.2) is 17.2 Å². The van der Waals surface area contributed by atoms with Gasteiger partial charge in [-0.1, -0.05) is 12.9 Å². The van der Waals surface area contributed by atoms with Gasteiger partial charge in [-0.05, 0) is 29.5 Å². The van der Waals surface area contributed by atoms with Crippen LogP contribution >= 0.6 is 0 Å². The van der Waals surface area contributed by atoms with Crippen molar-refractivity contribution in [2.24, 2.45) is 0 Å². The van der Waals surface area contributed by atoms with Crippen molar-refractivity contribution >= 4 is 18.3 Å². The van der Waals surface area contributed by atoms with E-state index in [2.05, 4.69) is 0 Å². The molecule has 0 radical (unpaired) electrons. The lowest BCUT2D eigenvalue weighted by molar-refractivity contribution is 0.425. The van der Waals surface area contributed by atoms with Crippen LogP contribution in [0.3, 0.4) is 0 Å². The quantitative estimate of drug-likeness (QED) is 0.414. The van der Waals surface area contributed by atoms with Crippen LogP contribution in [0.1, 0.15) is 19.3 Å². The van der Waals surface area contributed by atoms with Crippen molar-refractivity contribution < 1.29 is 16.9 Å². The highest BCUT2D eigenvalue weighted by molar-refractivity contribution is 6.59. The minimum atomic E-state index is -2.91. The second kappa shape index (κ2) is 3.60. The standard InChI is InChI=1S/C8H12BNO2/c1-2-6-3-4-7(10)5-8(6)9(11)12/h3-5,11-12H,2,10H2,1H3/i1D3,2D2. The maximum Gasteiger partial charge on any atom is 0.488 e. The molecule has 0 bridgehead atoms. The van der Waals surface area contributed by atoms with Gasteiger partial charge in [0.25, 0.3) is 0 Å². The largest absolute Gasteiger partial charge is 0.488 e. The summed E-state index contributed by atoms with van der Waals surface area (Å²) in [5.74, 6) is 0. The molecule has 1 rings (SSSR count). The number of aryl methyl sites for hydroxylation is 1. The van der Waals surface area contributed by atoms with E-state index in [0.29, 0.717) is 0 Å². The number of benzene rings is 1. The molecule has 0 spiro atoms. The average molecular weight is 170 g/mol. The molecule has 4 heteroatoms. The average Bonchev–Trinajstić information content (AvgIpc) is 2.15. The summed E-state index contributed by atoms with van der Waals surface area (Å²) in [7, 11) is -1.98. The van der Waals surface area contributed by atoms with E-state index in [-0.39, 0.29) is 16.7 Å². The van der Waals surface area contributed by atoms with Crippen molar-refractivity contribution in [3.8, 4) is 0 Å². The van der Waals surface area contributed by atoms with Gasteiger partial charge >= 0.3 is 7.12 Å². The number of rotatable bonds is 2. The molecule has 0 aliphatic heterocycles. The Bertz CT molecular complexity index is 421. The fraction of sp³-hybridized carbons (Fsp3) is 0.250. The maximum absolute atomic E-state index is 9.11. The highest BCUT2D eigenvalue weighted by atomic mass is 16.4. The van der Waals surface area contributed by atoms with Crippen LogP contribution < -0.4 is 11.2 Å². The van der Waals surface area contributed by atoms with Crippen LogP contribution in [0.5, 0.6) is 0 Å². The topological polar surface area (TPSA) is 66.5 Å². The van der Waals surface area contributed by atoms with E-state index in [1.807, 2.05) is 0 Å². The SMILES string of the molecule is [2H]C([2H])([2H])C([2H])([2H])c1ccc(N)cc1B(O)O. The Morgan fingerprint density at radius 1 is 1.67 bits per heavy atom. The van der Waals surface area contributed by atoms with E-state index in [9.17, 15) is 0 Å². The monoisotopic (exact) mass is 170 g/mol. The van der Waals surface area contributed by atoms with Crippen molar-refractivity contribution in [1.82, 2.24) is 0 Å². The van der Waals surface area contributed by atoms with Crippen molar-refractivity contribution in [1.29, 1.82) is 0 Å². The molecule has 0 heterocycles. The maximum atomic E-state index is 9.11. The van der Waals surface area contributed by atoms with Gasteiger partial charge in [0.15, 0.2) is 0 Å². The molecule has 1 aromatic rings. The molecule has 12 heavy (non-hydrogen) atoms. The second-order valence-corrected chi connectivity index (χ2v) is 2.35. The predicted molar refractivity (Wildman–Crippen MR) is 50.1 cm³/mol. The molecule has 4 N–H and O–H groups in total. The first-order valence-corrected chi connectivity index (χ1v) is 3.33. The molecule has 1 aromatic carbocycles. The molecule has 0 amide bonds. The summed E-state index contributed by atoms with van der Waals surface area (Å²) in [6.07, 6.45) is -2.68. The van der Waals surface area contributed by atoms with Crippen molar-refractivity contribution in [3.05, 3.63) is 23.8 Å². The van der Waals surface area contributed by atoms with Crippen LogP contribution in [-0.2, 0) is 6.37 Å². The van der Waals surface area contributed by atoms with Crippen molar-refractivity contribution in [2.75, 3.05) is 5.73 Å². The van der Waals surface area contributed by atoms with Crippen LogP contribution in [0.25, 0.3) is 0 Å². The van der Waals surface area contributed by atoms with Gasteiger partial charge in [0, 0.05) is 12.5 Å². The summed E-state index contributed by atoms with van der Waals surface area (Å²) in [4.78, 5) is 0. The molecular weight excluding hydrogens is 153 g/mol. The predicted octanol–water partition coefficient (Wildman–Crippen LogP) is -0.489. The van der Waals surface area contributed by atoms with E-state index in [4.69, 9.17) is 22.6 Å². The molecular formula is C8H12BNO2. The lowest BCUT2D eigenvalue weighted by Crippen LogP contribution is -2.33. The van der Waals surface area contributed by atoms with Gasteiger partial charge in [-0.15, -0.1) is 0 Å². The van der Waals surface area contributed by atoms with E-state index < -0.39 is 20.3 Å². The molecule has 0 atom stereocenters. The third-order valence-electron chi connectivity index (χ3n) is 1.49. The van der Waals surface area contributed by atoms with Gasteiger partial charge < -0.3 is 15.8 Å². The Balaban J connectivity index is 3.41. The second-order valence-electron chi connectivity index (χ2n) is 2.35. The highest BCUT2D eigenvalue weighted by Gasteiger charge is 2.14. The normalized spacial score (nSPS) is 18.3. The molecule has 0 aliphatic carbocycles. The molecule has 0 aliphatic rings. The van der Waals surface area contributed by atoms with Gasteiger partial charge in [0.1, 0.15) is 0 Å². The number of nitrogen functional groups attached to an aromatic ring is 1. The van der Waals surface area contributed by atoms with Gasteiger partial charge in [0.05, 0.1) is 0 Å². The van der Waals surface area contributed by atoms with Crippen LogP contribution in [0.4, 0.5) is 5.69 Å². The van der Waals surface area contributed by atoms with Gasteiger partial charge in [-0.3, -0.25) is 0 Å². The van der Waals surface area contributed by atoms with Gasteiger partial charge in [0.2, 0.25) is 0 Å². The summed E-state index contributed by atoms with van der Waals surface area (Å²) in [5, 5.41) is 18.2. The highest BCUT2D eigenvalue weighted by Crippen LogP contribution is 2.04. The Morgan fingerprint density at radius 3 is 3.00 bits per heavy atom. The zero-order chi connectivity index (χ0) is 13.4. The van der Waals surface area contributed by atoms with Gasteiger partial charge in [-0.25, -0.2) is 0 Å². The van der Waals surface area contributed by atoms with Gasteiger partial charge in [-0.2, -0.15) is 0 Å². The Kier molecular flexibility index (Phi) is 1.29. The molecule has 0 saturated heterocycles. The Labute approximate surface area is 79.0 Å². The molecule has 64 valence electrons. The summed E-state index contributed by atoms with van der Waals surface area (Å²) in [5.41, 5.74) is 5.08. The number of hydrogen-bond donors (Lipinski definition) is 3. The lowest BCUT2D eigenvalue weighted by atomic mass is 9.76. The van der Waals surface area contributed by atoms with Crippen LogP contribution in [0, 0.1) is 0 Å². The summed E-state index contributed by atoms with van der Waals surface area (Å²) in [6.45, 7) is -2.91. The Hall–Kier alpha value is -0.995. The minimum absolute atomic E-state index is 0.193. The van der Waals surface area contributed by atoms with E-state index in [1.165, 1.54) is 6.07 Å². The third-order valence-corrected chi connectivity index (χ3v) is 1.49. The first kappa shape index (κ1) is 4.30. The fourth-order valence-corrected chi connectivity index (χ4v) is 0.909. The van der Waals surface area contributed by atoms with Crippen LogP contribution in [0.2, 0.25) is 0 Å².